The van der Waals surface area contributed by atoms with Crippen molar-refractivity contribution in [3.63, 3.8) is 0 Å². The van der Waals surface area contributed by atoms with Crippen LogP contribution >= 0.6 is 11.6 Å². The highest BCUT2D eigenvalue weighted by Gasteiger charge is 2.30. The molecule has 0 aromatic heterocycles. The molecule has 0 aliphatic rings. The lowest BCUT2D eigenvalue weighted by atomic mass is 10.0. The predicted molar refractivity (Wildman–Crippen MR) is 144 cm³/mol. The first-order valence-corrected chi connectivity index (χ1v) is 12.5. The number of nitro benzene ring substituents is 1. The molecule has 3 aromatic carbocycles. The van der Waals surface area contributed by atoms with Crippen LogP contribution in [-0.4, -0.2) is 47.9 Å². The van der Waals surface area contributed by atoms with Gasteiger partial charge in [-0.05, 0) is 35.7 Å². The van der Waals surface area contributed by atoms with E-state index < -0.39 is 23.5 Å². The van der Waals surface area contributed by atoms with E-state index in [1.54, 1.807) is 18.2 Å². The van der Waals surface area contributed by atoms with Crippen LogP contribution in [0, 0.1) is 10.1 Å². The van der Waals surface area contributed by atoms with Crippen molar-refractivity contribution in [1.29, 1.82) is 0 Å². The van der Waals surface area contributed by atoms with E-state index in [0.29, 0.717) is 18.0 Å². The molecule has 0 unspecified atom stereocenters. The van der Waals surface area contributed by atoms with Gasteiger partial charge in [0.2, 0.25) is 11.7 Å². The zero-order valence-corrected chi connectivity index (χ0v) is 22.0. The van der Waals surface area contributed by atoms with Gasteiger partial charge in [-0.25, -0.2) is 0 Å². The number of hydrogen-bond donors (Lipinski definition) is 1. The Balaban J connectivity index is 1.90. The highest BCUT2D eigenvalue weighted by atomic mass is 35.5. The average molecular weight is 540 g/mol. The van der Waals surface area contributed by atoms with Crippen LogP contribution in [0.1, 0.15) is 24.5 Å². The van der Waals surface area contributed by atoms with Crippen LogP contribution in [0.2, 0.25) is 5.02 Å². The first-order chi connectivity index (χ1) is 18.3. The standard InChI is InChI=1S/C28H30ClN3O6/c1-3-14-30-28(34)25(16-20-8-5-4-6-9-20)31(18-21-10-7-11-22(29)15-21)27(33)19-38-23-12-13-24(32(35)36)26(17-23)37-2/h4-13,15,17,25H,3,14,16,18-19H2,1-2H3,(H,30,34)/t25-/m1/s1. The van der Waals surface area contributed by atoms with Crippen LogP contribution in [-0.2, 0) is 22.6 Å². The topological polar surface area (TPSA) is 111 Å². The van der Waals surface area contributed by atoms with E-state index in [9.17, 15) is 19.7 Å². The van der Waals surface area contributed by atoms with Gasteiger partial charge < -0.3 is 19.7 Å². The Bertz CT molecular complexity index is 1250. The summed E-state index contributed by atoms with van der Waals surface area (Å²) in [4.78, 5) is 39.0. The second-order valence-corrected chi connectivity index (χ2v) is 8.96. The van der Waals surface area contributed by atoms with Gasteiger partial charge in [-0.15, -0.1) is 0 Å². The monoisotopic (exact) mass is 539 g/mol. The number of carbonyl (C=O) groups is 2. The summed E-state index contributed by atoms with van der Waals surface area (Å²) in [6, 6.07) is 19.7. The molecule has 0 aliphatic carbocycles. The van der Waals surface area contributed by atoms with Gasteiger partial charge in [-0.2, -0.15) is 0 Å². The van der Waals surface area contributed by atoms with E-state index >= 15 is 0 Å². The van der Waals surface area contributed by atoms with Crippen LogP contribution in [0.15, 0.2) is 72.8 Å². The van der Waals surface area contributed by atoms with Gasteiger partial charge in [-0.1, -0.05) is 61.0 Å². The maximum absolute atomic E-state index is 13.6. The van der Waals surface area contributed by atoms with E-state index in [2.05, 4.69) is 5.32 Å². The third kappa shape index (κ3) is 7.94. The molecule has 0 bridgehead atoms. The molecule has 0 heterocycles. The molecule has 1 N–H and O–H groups in total. The molecular weight excluding hydrogens is 510 g/mol. The number of ether oxygens (including phenoxy) is 2. The largest absolute Gasteiger partial charge is 0.490 e. The van der Waals surface area contributed by atoms with Crippen molar-refractivity contribution >= 4 is 29.1 Å². The molecule has 3 aromatic rings. The molecule has 200 valence electrons. The quantitative estimate of drug-likeness (QED) is 0.247. The Morgan fingerprint density at radius 3 is 2.45 bits per heavy atom. The minimum atomic E-state index is -0.814. The van der Waals surface area contributed by atoms with Crippen molar-refractivity contribution in [3.05, 3.63) is 99.1 Å². The van der Waals surface area contributed by atoms with Crippen molar-refractivity contribution in [2.45, 2.75) is 32.4 Å². The van der Waals surface area contributed by atoms with Crippen molar-refractivity contribution < 1.29 is 24.0 Å². The number of nitro groups is 1. The number of nitrogens with one attached hydrogen (secondary N) is 1. The number of carbonyl (C=O) groups excluding carboxylic acids is 2. The van der Waals surface area contributed by atoms with Crippen molar-refractivity contribution in [2.75, 3.05) is 20.3 Å². The van der Waals surface area contributed by atoms with Crippen LogP contribution in [0.3, 0.4) is 0 Å². The first-order valence-electron chi connectivity index (χ1n) is 12.1. The molecule has 0 fully saturated rings. The molecular formula is C28H30ClN3O6. The molecule has 0 radical (unpaired) electrons. The molecule has 0 aliphatic heterocycles. The molecule has 2 amide bonds. The van der Waals surface area contributed by atoms with E-state index in [0.717, 1.165) is 17.5 Å². The number of hydrogen-bond acceptors (Lipinski definition) is 6. The summed E-state index contributed by atoms with van der Waals surface area (Å²) in [6.07, 6.45) is 1.05. The van der Waals surface area contributed by atoms with Crippen LogP contribution in [0.25, 0.3) is 0 Å². The van der Waals surface area contributed by atoms with Crippen LogP contribution in [0.4, 0.5) is 5.69 Å². The maximum atomic E-state index is 13.6. The summed E-state index contributed by atoms with van der Waals surface area (Å²) >= 11 is 6.19. The molecule has 9 nitrogen and oxygen atoms in total. The van der Waals surface area contributed by atoms with Crippen LogP contribution < -0.4 is 14.8 Å². The number of halogens is 1. The summed E-state index contributed by atoms with van der Waals surface area (Å²) in [6.45, 7) is 2.16. The number of nitrogens with zero attached hydrogens (tertiary/aromatic N) is 2. The van der Waals surface area contributed by atoms with Gasteiger partial charge in [0.25, 0.3) is 5.91 Å². The molecule has 0 spiro atoms. The molecule has 10 heteroatoms. The Morgan fingerprint density at radius 1 is 1.05 bits per heavy atom. The lowest BCUT2D eigenvalue weighted by molar-refractivity contribution is -0.385. The van der Waals surface area contributed by atoms with E-state index in [-0.39, 0.29) is 29.6 Å². The highest BCUT2D eigenvalue weighted by molar-refractivity contribution is 6.30. The summed E-state index contributed by atoms with van der Waals surface area (Å²) < 4.78 is 10.8. The Kier molecular flexibility index (Phi) is 10.5. The van der Waals surface area contributed by atoms with Gasteiger partial charge in [-0.3, -0.25) is 19.7 Å². The van der Waals surface area contributed by atoms with Crippen molar-refractivity contribution in [3.8, 4) is 11.5 Å². The third-order valence-corrected chi connectivity index (χ3v) is 6.01. The minimum Gasteiger partial charge on any atom is -0.490 e. The molecule has 3 rings (SSSR count). The average Bonchev–Trinajstić information content (AvgIpc) is 2.92. The smallest absolute Gasteiger partial charge is 0.311 e. The zero-order chi connectivity index (χ0) is 27.5. The van der Waals surface area contributed by atoms with E-state index in [1.807, 2.05) is 43.3 Å². The second kappa shape index (κ2) is 14.0. The minimum absolute atomic E-state index is 0.0108. The van der Waals surface area contributed by atoms with E-state index in [1.165, 1.54) is 30.2 Å². The van der Waals surface area contributed by atoms with Gasteiger partial charge in [0.05, 0.1) is 12.0 Å². The highest BCUT2D eigenvalue weighted by Crippen LogP contribution is 2.31. The predicted octanol–water partition coefficient (Wildman–Crippen LogP) is 4.80. The van der Waals surface area contributed by atoms with Crippen molar-refractivity contribution in [2.24, 2.45) is 0 Å². The number of amides is 2. The number of rotatable bonds is 13. The van der Waals surface area contributed by atoms with Gasteiger partial charge in [0, 0.05) is 36.7 Å². The lowest BCUT2D eigenvalue weighted by Crippen LogP contribution is -2.51. The summed E-state index contributed by atoms with van der Waals surface area (Å²) in [5.74, 6) is -0.479. The van der Waals surface area contributed by atoms with Crippen LogP contribution in [0.5, 0.6) is 11.5 Å². The Hall–Kier alpha value is -4.11. The number of methoxy groups -OCH3 is 1. The lowest BCUT2D eigenvalue weighted by Gasteiger charge is -2.31. The fourth-order valence-corrected chi connectivity index (χ4v) is 4.09. The summed E-state index contributed by atoms with van der Waals surface area (Å²) in [5, 5.41) is 14.6. The second-order valence-electron chi connectivity index (χ2n) is 8.53. The summed E-state index contributed by atoms with van der Waals surface area (Å²) in [5.41, 5.74) is 1.43. The first kappa shape index (κ1) is 28.5. The molecule has 0 saturated carbocycles. The van der Waals surface area contributed by atoms with Crippen molar-refractivity contribution in [1.82, 2.24) is 10.2 Å². The Labute approximate surface area is 226 Å². The maximum Gasteiger partial charge on any atom is 0.311 e. The molecule has 0 saturated heterocycles. The summed E-state index contributed by atoms with van der Waals surface area (Å²) in [7, 11) is 1.31. The normalized spacial score (nSPS) is 11.3. The van der Waals surface area contributed by atoms with Gasteiger partial charge >= 0.3 is 5.69 Å². The zero-order valence-electron chi connectivity index (χ0n) is 21.3. The van der Waals surface area contributed by atoms with E-state index in [4.69, 9.17) is 21.1 Å². The Morgan fingerprint density at radius 2 is 1.79 bits per heavy atom. The molecule has 38 heavy (non-hydrogen) atoms. The van der Waals surface area contributed by atoms with Gasteiger partial charge in [0.15, 0.2) is 6.61 Å². The van der Waals surface area contributed by atoms with Gasteiger partial charge in [0.1, 0.15) is 11.8 Å². The third-order valence-electron chi connectivity index (χ3n) is 5.77. The SMILES string of the molecule is CCCNC(=O)[C@@H](Cc1ccccc1)N(Cc1cccc(Cl)c1)C(=O)COc1ccc([N+](=O)[O-])c(OC)c1. The molecule has 1 atom stereocenters. The fourth-order valence-electron chi connectivity index (χ4n) is 3.88. The number of benzene rings is 3. The fraction of sp³-hybridized carbons (Fsp3) is 0.286.